The van der Waals surface area contributed by atoms with Crippen LogP contribution in [0.2, 0.25) is 0 Å². The minimum absolute atomic E-state index is 0.138. The Kier molecular flexibility index (Phi) is 7.24. The van der Waals surface area contributed by atoms with Crippen LogP contribution in [0.3, 0.4) is 0 Å². The van der Waals surface area contributed by atoms with Crippen LogP contribution in [0.5, 0.6) is 0 Å². The number of aryl methyl sites for hydroxylation is 1. The van der Waals surface area contributed by atoms with Gasteiger partial charge in [0, 0.05) is 0 Å². The van der Waals surface area contributed by atoms with Gasteiger partial charge >= 0.3 is 0 Å². The van der Waals surface area contributed by atoms with Gasteiger partial charge in [-0.05, 0) is 36.5 Å². The number of hydrogen-bond donors (Lipinski definition) is 1. The Labute approximate surface area is 168 Å². The second-order valence-corrected chi connectivity index (χ2v) is 9.33. The molecule has 0 spiro atoms. The first-order valence-corrected chi connectivity index (χ1v) is 11.4. The van der Waals surface area contributed by atoms with Gasteiger partial charge in [0.05, 0.1) is 18.0 Å². The molecule has 1 atom stereocenters. The van der Waals surface area contributed by atoms with Gasteiger partial charge in [-0.2, -0.15) is 0 Å². The topological polar surface area (TPSA) is 66.5 Å². The van der Waals surface area contributed by atoms with Crippen molar-refractivity contribution in [3.63, 3.8) is 0 Å². The van der Waals surface area contributed by atoms with Crippen molar-refractivity contribution in [1.29, 1.82) is 0 Å². The standard InChI is InChI=1S/C22H30N2O3S/c1-6-20(18-13-11-17(4)12-14-18)23-22(25)15-24(28(5,26)27)21-10-8-7-9-19(21)16(2)3/h7-14,16,20H,6,15H2,1-5H3,(H,23,25)/t20-/m0/s1. The van der Waals surface area contributed by atoms with Gasteiger partial charge in [0.15, 0.2) is 0 Å². The summed E-state index contributed by atoms with van der Waals surface area (Å²) in [6.45, 7) is 7.77. The maximum Gasteiger partial charge on any atom is 0.241 e. The van der Waals surface area contributed by atoms with Crippen LogP contribution in [0.15, 0.2) is 48.5 Å². The molecule has 0 aliphatic rings. The van der Waals surface area contributed by atoms with E-state index >= 15 is 0 Å². The lowest BCUT2D eigenvalue weighted by Crippen LogP contribution is -2.42. The predicted octanol–water partition coefficient (Wildman–Crippen LogP) is 4.15. The van der Waals surface area contributed by atoms with Crippen molar-refractivity contribution in [3.8, 4) is 0 Å². The first-order chi connectivity index (χ1) is 13.1. The Hall–Kier alpha value is -2.34. The van der Waals surface area contributed by atoms with E-state index in [1.165, 1.54) is 4.31 Å². The molecule has 5 nitrogen and oxygen atoms in total. The summed E-state index contributed by atoms with van der Waals surface area (Å²) in [5, 5.41) is 2.98. The van der Waals surface area contributed by atoms with Crippen molar-refractivity contribution in [2.24, 2.45) is 0 Å². The summed E-state index contributed by atoms with van der Waals surface area (Å²) in [4.78, 5) is 12.7. The van der Waals surface area contributed by atoms with Gasteiger partial charge in [-0.3, -0.25) is 9.10 Å². The molecule has 0 unspecified atom stereocenters. The van der Waals surface area contributed by atoms with E-state index in [2.05, 4.69) is 5.32 Å². The Morgan fingerprint density at radius 1 is 1.07 bits per heavy atom. The average molecular weight is 403 g/mol. The average Bonchev–Trinajstić information content (AvgIpc) is 2.64. The number of carbonyl (C=O) groups is 1. The van der Waals surface area contributed by atoms with E-state index in [0.717, 1.165) is 29.4 Å². The van der Waals surface area contributed by atoms with Gasteiger partial charge < -0.3 is 5.32 Å². The number of hydrogen-bond acceptors (Lipinski definition) is 3. The number of nitrogens with one attached hydrogen (secondary N) is 1. The lowest BCUT2D eigenvalue weighted by Gasteiger charge is -2.27. The maximum absolute atomic E-state index is 12.7. The fourth-order valence-electron chi connectivity index (χ4n) is 3.17. The molecule has 2 aromatic carbocycles. The van der Waals surface area contributed by atoms with E-state index in [-0.39, 0.29) is 24.4 Å². The van der Waals surface area contributed by atoms with Crippen LogP contribution in [0.1, 0.15) is 55.8 Å². The predicted molar refractivity (Wildman–Crippen MR) is 115 cm³/mol. The summed E-state index contributed by atoms with van der Waals surface area (Å²) in [7, 11) is -3.61. The smallest absolute Gasteiger partial charge is 0.241 e. The SMILES string of the molecule is CC[C@H](NC(=O)CN(c1ccccc1C(C)C)S(C)(=O)=O)c1ccc(C)cc1. The van der Waals surface area contributed by atoms with Crippen molar-refractivity contribution >= 4 is 21.6 Å². The van der Waals surface area contributed by atoms with Crippen molar-refractivity contribution < 1.29 is 13.2 Å². The van der Waals surface area contributed by atoms with Gasteiger partial charge in [0.25, 0.3) is 0 Å². The molecule has 0 heterocycles. The molecule has 0 aliphatic heterocycles. The maximum atomic E-state index is 12.7. The van der Waals surface area contributed by atoms with Crippen LogP contribution in [0.4, 0.5) is 5.69 Å². The molecular weight excluding hydrogens is 372 g/mol. The Morgan fingerprint density at radius 2 is 1.68 bits per heavy atom. The van der Waals surface area contributed by atoms with Crippen LogP contribution in [-0.2, 0) is 14.8 Å². The molecule has 2 aromatic rings. The van der Waals surface area contributed by atoms with Gasteiger partial charge in [-0.25, -0.2) is 8.42 Å². The highest BCUT2D eigenvalue weighted by atomic mass is 32.2. The van der Waals surface area contributed by atoms with Crippen molar-refractivity contribution in [3.05, 3.63) is 65.2 Å². The third-order valence-electron chi connectivity index (χ3n) is 4.74. The van der Waals surface area contributed by atoms with Gasteiger partial charge in [-0.1, -0.05) is 68.8 Å². The van der Waals surface area contributed by atoms with Crippen molar-refractivity contribution in [1.82, 2.24) is 5.32 Å². The summed E-state index contributed by atoms with van der Waals surface area (Å²) < 4.78 is 26.1. The molecule has 28 heavy (non-hydrogen) atoms. The summed E-state index contributed by atoms with van der Waals surface area (Å²) in [5.41, 5.74) is 3.61. The van der Waals surface area contributed by atoms with E-state index in [9.17, 15) is 13.2 Å². The summed E-state index contributed by atoms with van der Waals surface area (Å²) in [5.74, 6) is -0.184. The third kappa shape index (κ3) is 5.58. The molecule has 0 aromatic heterocycles. The van der Waals surface area contributed by atoms with Gasteiger partial charge in [0.2, 0.25) is 15.9 Å². The van der Waals surface area contributed by atoms with Crippen molar-refractivity contribution in [2.75, 3.05) is 17.1 Å². The van der Waals surface area contributed by atoms with Crippen molar-refractivity contribution in [2.45, 2.75) is 46.1 Å². The largest absolute Gasteiger partial charge is 0.348 e. The fourth-order valence-corrected chi connectivity index (χ4v) is 4.05. The Balaban J connectivity index is 2.26. The second-order valence-electron chi connectivity index (χ2n) is 7.42. The van der Waals surface area contributed by atoms with Gasteiger partial charge in [0.1, 0.15) is 6.54 Å². The number of carbonyl (C=O) groups excluding carboxylic acids is 1. The van der Waals surface area contributed by atoms with E-state index in [0.29, 0.717) is 5.69 Å². The number of benzene rings is 2. The number of anilines is 1. The molecule has 0 bridgehead atoms. The number of para-hydroxylation sites is 1. The van der Waals surface area contributed by atoms with Crippen LogP contribution in [0.25, 0.3) is 0 Å². The van der Waals surface area contributed by atoms with Gasteiger partial charge in [-0.15, -0.1) is 0 Å². The lowest BCUT2D eigenvalue weighted by molar-refractivity contribution is -0.120. The summed E-state index contributed by atoms with van der Waals surface area (Å²) in [6.07, 6.45) is 1.85. The molecule has 152 valence electrons. The molecular formula is C22H30N2O3S. The highest BCUT2D eigenvalue weighted by Crippen LogP contribution is 2.29. The zero-order chi connectivity index (χ0) is 20.9. The lowest BCUT2D eigenvalue weighted by atomic mass is 10.0. The zero-order valence-electron chi connectivity index (χ0n) is 17.3. The molecule has 6 heteroatoms. The minimum Gasteiger partial charge on any atom is -0.348 e. The van der Waals surface area contributed by atoms with Crippen LogP contribution < -0.4 is 9.62 Å². The van der Waals surface area contributed by atoms with Crippen LogP contribution in [0, 0.1) is 6.92 Å². The monoisotopic (exact) mass is 402 g/mol. The number of rotatable bonds is 8. The molecule has 0 saturated heterocycles. The molecule has 0 saturated carbocycles. The zero-order valence-corrected chi connectivity index (χ0v) is 18.1. The quantitative estimate of drug-likeness (QED) is 0.721. The summed E-state index contributed by atoms with van der Waals surface area (Å²) in [6, 6.07) is 15.2. The number of amides is 1. The van der Waals surface area contributed by atoms with E-state index in [1.807, 2.05) is 64.1 Å². The molecule has 0 radical (unpaired) electrons. The normalized spacial score (nSPS) is 12.6. The van der Waals surface area contributed by atoms with Crippen LogP contribution in [-0.4, -0.2) is 27.1 Å². The van der Waals surface area contributed by atoms with Crippen LogP contribution >= 0.6 is 0 Å². The Morgan fingerprint density at radius 3 is 2.21 bits per heavy atom. The highest BCUT2D eigenvalue weighted by molar-refractivity contribution is 7.92. The first kappa shape index (κ1) is 22.0. The molecule has 1 amide bonds. The fraction of sp³-hybridized carbons (Fsp3) is 0.409. The summed E-state index contributed by atoms with van der Waals surface area (Å²) >= 11 is 0. The first-order valence-electron chi connectivity index (χ1n) is 9.56. The number of sulfonamides is 1. The minimum atomic E-state index is -3.61. The molecule has 2 rings (SSSR count). The third-order valence-corrected chi connectivity index (χ3v) is 5.86. The Bertz CT molecular complexity index is 906. The number of nitrogens with zero attached hydrogens (tertiary/aromatic N) is 1. The second kappa shape index (κ2) is 9.24. The molecule has 1 N–H and O–H groups in total. The van der Waals surface area contributed by atoms with E-state index in [4.69, 9.17) is 0 Å². The highest BCUT2D eigenvalue weighted by Gasteiger charge is 2.25. The van der Waals surface area contributed by atoms with E-state index in [1.54, 1.807) is 12.1 Å². The molecule has 0 aliphatic carbocycles. The molecule has 0 fully saturated rings. The van der Waals surface area contributed by atoms with E-state index < -0.39 is 10.0 Å².